The van der Waals surface area contributed by atoms with Gasteiger partial charge in [-0.05, 0) is 37.3 Å². The molecule has 2 rings (SSSR count). The molecule has 2 unspecified atom stereocenters. The summed E-state index contributed by atoms with van der Waals surface area (Å²) in [6.45, 7) is 1.30. The van der Waals surface area contributed by atoms with Crippen LogP contribution in [-0.2, 0) is 18.3 Å². The minimum absolute atomic E-state index is 0.129. The number of aryl methyl sites for hydroxylation is 1. The highest BCUT2D eigenvalue weighted by molar-refractivity contribution is 5.79. The minimum atomic E-state index is 0.129. The van der Waals surface area contributed by atoms with Crippen molar-refractivity contribution < 1.29 is 4.79 Å². The number of hydrogen-bond acceptors (Lipinski definition) is 3. The van der Waals surface area contributed by atoms with Crippen LogP contribution >= 0.6 is 0 Å². The zero-order valence-electron chi connectivity index (χ0n) is 10.9. The lowest BCUT2D eigenvalue weighted by molar-refractivity contribution is -0.125. The van der Waals surface area contributed by atoms with Crippen LogP contribution in [0.1, 0.15) is 24.8 Å². The summed E-state index contributed by atoms with van der Waals surface area (Å²) in [5, 5.41) is 7.12. The van der Waals surface area contributed by atoms with E-state index in [1.807, 2.05) is 19.4 Å². The zero-order valence-corrected chi connectivity index (χ0v) is 10.9. The molecule has 0 bridgehead atoms. The fourth-order valence-corrected chi connectivity index (χ4v) is 2.73. The molecule has 5 heteroatoms. The molecule has 1 amide bonds. The molecule has 1 aliphatic rings. The Morgan fingerprint density at radius 3 is 3.11 bits per heavy atom. The maximum atomic E-state index is 12.0. The highest BCUT2D eigenvalue weighted by Gasteiger charge is 2.31. The second-order valence-electron chi connectivity index (χ2n) is 5.10. The Kier molecular flexibility index (Phi) is 4.36. The summed E-state index contributed by atoms with van der Waals surface area (Å²) in [6, 6.07) is 0. The molecule has 1 fully saturated rings. The van der Waals surface area contributed by atoms with E-state index in [4.69, 9.17) is 5.73 Å². The highest BCUT2D eigenvalue weighted by Crippen LogP contribution is 2.30. The van der Waals surface area contributed by atoms with E-state index in [2.05, 4.69) is 10.4 Å². The van der Waals surface area contributed by atoms with Crippen molar-refractivity contribution in [3.05, 3.63) is 18.0 Å². The van der Waals surface area contributed by atoms with E-state index < -0.39 is 0 Å². The van der Waals surface area contributed by atoms with Gasteiger partial charge in [0.1, 0.15) is 0 Å². The molecular weight excluding hydrogens is 228 g/mol. The lowest BCUT2D eigenvalue weighted by Gasteiger charge is -2.17. The third-order valence-corrected chi connectivity index (χ3v) is 3.77. The highest BCUT2D eigenvalue weighted by atomic mass is 16.1. The molecule has 0 aliphatic heterocycles. The summed E-state index contributed by atoms with van der Waals surface area (Å²) in [5.74, 6) is 0.680. The Labute approximate surface area is 108 Å². The molecule has 1 heterocycles. The predicted molar refractivity (Wildman–Crippen MR) is 69.8 cm³/mol. The SMILES string of the molecule is Cn1cc(CCNC(=O)C2CCCC2CN)cn1. The van der Waals surface area contributed by atoms with Crippen molar-refractivity contribution in [2.75, 3.05) is 13.1 Å². The van der Waals surface area contributed by atoms with Gasteiger partial charge < -0.3 is 11.1 Å². The van der Waals surface area contributed by atoms with Gasteiger partial charge in [-0.25, -0.2) is 0 Å². The van der Waals surface area contributed by atoms with Crippen LogP contribution in [0.3, 0.4) is 0 Å². The van der Waals surface area contributed by atoms with E-state index in [1.165, 1.54) is 0 Å². The molecular formula is C13H22N4O. The summed E-state index contributed by atoms with van der Waals surface area (Å²) in [4.78, 5) is 12.0. The summed E-state index contributed by atoms with van der Waals surface area (Å²) < 4.78 is 1.78. The molecule has 0 radical (unpaired) electrons. The Morgan fingerprint density at radius 2 is 2.44 bits per heavy atom. The van der Waals surface area contributed by atoms with E-state index in [-0.39, 0.29) is 11.8 Å². The summed E-state index contributed by atoms with van der Waals surface area (Å²) in [5.41, 5.74) is 6.85. The first-order chi connectivity index (χ1) is 8.70. The molecule has 1 aromatic heterocycles. The zero-order chi connectivity index (χ0) is 13.0. The van der Waals surface area contributed by atoms with Crippen LogP contribution in [0.25, 0.3) is 0 Å². The molecule has 100 valence electrons. The molecule has 1 saturated carbocycles. The summed E-state index contributed by atoms with van der Waals surface area (Å²) >= 11 is 0. The van der Waals surface area contributed by atoms with Crippen LogP contribution < -0.4 is 11.1 Å². The molecule has 3 N–H and O–H groups in total. The number of amides is 1. The average Bonchev–Trinajstić information content (AvgIpc) is 2.97. The van der Waals surface area contributed by atoms with Gasteiger partial charge in [0, 0.05) is 25.7 Å². The molecule has 2 atom stereocenters. The van der Waals surface area contributed by atoms with Crippen molar-refractivity contribution in [1.82, 2.24) is 15.1 Å². The Balaban J connectivity index is 1.74. The molecule has 0 spiro atoms. The van der Waals surface area contributed by atoms with Gasteiger partial charge in [-0.2, -0.15) is 5.10 Å². The van der Waals surface area contributed by atoms with Gasteiger partial charge in [0.05, 0.1) is 6.20 Å². The molecule has 1 aliphatic carbocycles. The molecule has 18 heavy (non-hydrogen) atoms. The van der Waals surface area contributed by atoms with Crippen LogP contribution in [0.15, 0.2) is 12.4 Å². The first-order valence-electron chi connectivity index (χ1n) is 6.66. The minimum Gasteiger partial charge on any atom is -0.356 e. The standard InChI is InChI=1S/C13H22N4O/c1-17-9-10(8-16-17)5-6-15-13(18)12-4-2-3-11(12)7-14/h8-9,11-12H,2-7,14H2,1H3,(H,15,18). The number of carbonyl (C=O) groups is 1. The van der Waals surface area contributed by atoms with Gasteiger partial charge in [0.25, 0.3) is 0 Å². The average molecular weight is 250 g/mol. The van der Waals surface area contributed by atoms with E-state index >= 15 is 0 Å². The lowest BCUT2D eigenvalue weighted by Crippen LogP contribution is -2.36. The van der Waals surface area contributed by atoms with Gasteiger partial charge >= 0.3 is 0 Å². The topological polar surface area (TPSA) is 72.9 Å². The maximum Gasteiger partial charge on any atom is 0.223 e. The second kappa shape index (κ2) is 6.00. The van der Waals surface area contributed by atoms with Crippen LogP contribution in [0.2, 0.25) is 0 Å². The third kappa shape index (κ3) is 3.10. The van der Waals surface area contributed by atoms with Crippen molar-refractivity contribution in [1.29, 1.82) is 0 Å². The van der Waals surface area contributed by atoms with Crippen LogP contribution in [0.5, 0.6) is 0 Å². The lowest BCUT2D eigenvalue weighted by atomic mass is 9.95. The first kappa shape index (κ1) is 13.1. The van der Waals surface area contributed by atoms with Crippen molar-refractivity contribution >= 4 is 5.91 Å². The van der Waals surface area contributed by atoms with Crippen molar-refractivity contribution in [2.45, 2.75) is 25.7 Å². The van der Waals surface area contributed by atoms with Gasteiger partial charge in [0.2, 0.25) is 5.91 Å². The Morgan fingerprint density at radius 1 is 1.61 bits per heavy atom. The van der Waals surface area contributed by atoms with E-state index in [1.54, 1.807) is 4.68 Å². The monoisotopic (exact) mass is 250 g/mol. The number of nitrogens with one attached hydrogen (secondary N) is 1. The summed E-state index contributed by atoms with van der Waals surface area (Å²) in [7, 11) is 1.90. The molecule has 1 aromatic rings. The van der Waals surface area contributed by atoms with Crippen molar-refractivity contribution in [3.63, 3.8) is 0 Å². The van der Waals surface area contributed by atoms with Gasteiger partial charge in [0.15, 0.2) is 0 Å². The van der Waals surface area contributed by atoms with Gasteiger partial charge in [-0.1, -0.05) is 6.42 Å². The number of hydrogen-bond donors (Lipinski definition) is 2. The van der Waals surface area contributed by atoms with Gasteiger partial charge in [-0.15, -0.1) is 0 Å². The van der Waals surface area contributed by atoms with E-state index in [0.717, 1.165) is 31.2 Å². The number of nitrogens with zero attached hydrogens (tertiary/aromatic N) is 2. The van der Waals surface area contributed by atoms with Gasteiger partial charge in [-0.3, -0.25) is 9.48 Å². The molecule has 0 saturated heterocycles. The van der Waals surface area contributed by atoms with Crippen LogP contribution in [0, 0.1) is 11.8 Å². The second-order valence-corrected chi connectivity index (χ2v) is 5.10. The van der Waals surface area contributed by atoms with Crippen molar-refractivity contribution in [2.24, 2.45) is 24.6 Å². The largest absolute Gasteiger partial charge is 0.356 e. The first-order valence-corrected chi connectivity index (χ1v) is 6.66. The smallest absolute Gasteiger partial charge is 0.223 e. The molecule has 0 aromatic carbocycles. The molecule has 5 nitrogen and oxygen atoms in total. The normalized spacial score (nSPS) is 23.2. The van der Waals surface area contributed by atoms with Crippen molar-refractivity contribution in [3.8, 4) is 0 Å². The quantitative estimate of drug-likeness (QED) is 0.797. The summed E-state index contributed by atoms with van der Waals surface area (Å²) in [6.07, 6.45) is 7.86. The Hall–Kier alpha value is -1.36. The fraction of sp³-hybridized carbons (Fsp3) is 0.692. The number of carbonyl (C=O) groups excluding carboxylic acids is 1. The maximum absolute atomic E-state index is 12.0. The fourth-order valence-electron chi connectivity index (χ4n) is 2.73. The predicted octanol–water partition coefficient (Wildman–Crippen LogP) is 0.454. The van der Waals surface area contributed by atoms with E-state index in [0.29, 0.717) is 19.0 Å². The number of rotatable bonds is 5. The number of nitrogens with two attached hydrogens (primary N) is 1. The van der Waals surface area contributed by atoms with Crippen LogP contribution in [0.4, 0.5) is 0 Å². The van der Waals surface area contributed by atoms with Crippen LogP contribution in [-0.4, -0.2) is 28.8 Å². The van der Waals surface area contributed by atoms with E-state index in [9.17, 15) is 4.79 Å². The number of aromatic nitrogens is 2. The third-order valence-electron chi connectivity index (χ3n) is 3.77. The Bertz CT molecular complexity index is 401.